The predicted octanol–water partition coefficient (Wildman–Crippen LogP) is 6.29. The van der Waals surface area contributed by atoms with Gasteiger partial charge in [-0.05, 0) is 42.0 Å². The van der Waals surface area contributed by atoms with Crippen LogP contribution in [0.15, 0.2) is 60.7 Å². The van der Waals surface area contributed by atoms with Crippen molar-refractivity contribution in [2.45, 2.75) is 51.8 Å². The van der Waals surface area contributed by atoms with Gasteiger partial charge in [-0.3, -0.25) is 0 Å². The van der Waals surface area contributed by atoms with Crippen molar-refractivity contribution in [1.29, 1.82) is 0 Å². The molecule has 1 aliphatic rings. The van der Waals surface area contributed by atoms with Gasteiger partial charge in [0.15, 0.2) is 0 Å². The fourth-order valence-corrected chi connectivity index (χ4v) is 4.53. The van der Waals surface area contributed by atoms with Gasteiger partial charge in [0, 0.05) is 24.7 Å². The maximum Gasteiger partial charge on any atom is 0.130 e. The average Bonchev–Trinajstić information content (AvgIpc) is 3.36. The van der Waals surface area contributed by atoms with Crippen LogP contribution in [0, 0.1) is 6.92 Å². The van der Waals surface area contributed by atoms with Crippen LogP contribution in [0.5, 0.6) is 17.2 Å². The van der Waals surface area contributed by atoms with E-state index in [0.29, 0.717) is 12.6 Å². The van der Waals surface area contributed by atoms with E-state index in [1.807, 2.05) is 18.2 Å². The van der Waals surface area contributed by atoms with Crippen molar-refractivity contribution in [3.8, 4) is 28.4 Å². The zero-order chi connectivity index (χ0) is 22.3. The van der Waals surface area contributed by atoms with Crippen LogP contribution in [-0.2, 0) is 13.2 Å². The normalized spacial score (nSPS) is 13.8. The van der Waals surface area contributed by atoms with Gasteiger partial charge in [0.25, 0.3) is 0 Å². The molecule has 0 spiro atoms. The predicted molar refractivity (Wildman–Crippen MR) is 130 cm³/mol. The first-order valence-electron chi connectivity index (χ1n) is 11.4. The standard InChI is InChI=1S/C28H33NO3/c1-20-22(12-9-15-25(20)21-10-5-4-6-11-21)19-32-24-16-27(30-2)26(28(17-24)31-3)18-29-23-13-7-8-14-23/h4-6,9-12,15-17,23,29H,7-8,13-14,18-19H2,1-3H3. The molecule has 0 radical (unpaired) electrons. The summed E-state index contributed by atoms with van der Waals surface area (Å²) in [5.74, 6) is 2.33. The Labute approximate surface area is 191 Å². The van der Waals surface area contributed by atoms with Gasteiger partial charge in [-0.1, -0.05) is 61.4 Å². The summed E-state index contributed by atoms with van der Waals surface area (Å²) >= 11 is 0. The highest BCUT2D eigenvalue weighted by Crippen LogP contribution is 2.35. The highest BCUT2D eigenvalue weighted by Gasteiger charge is 2.18. The van der Waals surface area contributed by atoms with Crippen LogP contribution in [0.25, 0.3) is 11.1 Å². The van der Waals surface area contributed by atoms with E-state index in [2.05, 4.69) is 54.7 Å². The lowest BCUT2D eigenvalue weighted by Crippen LogP contribution is -2.25. The lowest BCUT2D eigenvalue weighted by atomic mass is 9.97. The topological polar surface area (TPSA) is 39.7 Å². The van der Waals surface area contributed by atoms with Crippen molar-refractivity contribution >= 4 is 0 Å². The van der Waals surface area contributed by atoms with Gasteiger partial charge >= 0.3 is 0 Å². The molecule has 3 aromatic rings. The van der Waals surface area contributed by atoms with Crippen LogP contribution in [0.1, 0.15) is 42.4 Å². The Balaban J connectivity index is 1.51. The third kappa shape index (κ3) is 5.08. The highest BCUT2D eigenvalue weighted by molar-refractivity contribution is 5.68. The van der Waals surface area contributed by atoms with Crippen molar-refractivity contribution in [2.24, 2.45) is 0 Å². The number of hydrogen-bond acceptors (Lipinski definition) is 4. The number of methoxy groups -OCH3 is 2. The fourth-order valence-electron chi connectivity index (χ4n) is 4.53. The van der Waals surface area contributed by atoms with E-state index >= 15 is 0 Å². The summed E-state index contributed by atoms with van der Waals surface area (Å²) in [6, 6.07) is 21.3. The number of benzene rings is 3. The lowest BCUT2D eigenvalue weighted by molar-refractivity contribution is 0.298. The van der Waals surface area contributed by atoms with Crippen molar-refractivity contribution in [1.82, 2.24) is 5.32 Å². The molecule has 0 aliphatic heterocycles. The smallest absolute Gasteiger partial charge is 0.130 e. The molecule has 4 heteroatoms. The summed E-state index contributed by atoms with van der Waals surface area (Å²) in [6.45, 7) is 3.37. The van der Waals surface area contributed by atoms with E-state index in [4.69, 9.17) is 14.2 Å². The summed E-state index contributed by atoms with van der Waals surface area (Å²) in [5, 5.41) is 3.65. The molecule has 1 aliphatic carbocycles. The Morgan fingerprint density at radius 1 is 0.875 bits per heavy atom. The third-order valence-corrected chi connectivity index (χ3v) is 6.43. The molecule has 0 atom stereocenters. The molecular weight excluding hydrogens is 398 g/mol. The zero-order valence-corrected chi connectivity index (χ0v) is 19.3. The van der Waals surface area contributed by atoms with Crippen LogP contribution in [0.3, 0.4) is 0 Å². The van der Waals surface area contributed by atoms with Crippen molar-refractivity contribution in [3.63, 3.8) is 0 Å². The second-order valence-corrected chi connectivity index (χ2v) is 8.41. The summed E-state index contributed by atoms with van der Waals surface area (Å²) in [5.41, 5.74) is 5.88. The van der Waals surface area contributed by atoms with Crippen LogP contribution in [-0.4, -0.2) is 20.3 Å². The van der Waals surface area contributed by atoms with Gasteiger partial charge in [0.2, 0.25) is 0 Å². The van der Waals surface area contributed by atoms with Gasteiger partial charge in [0.05, 0.1) is 19.8 Å². The monoisotopic (exact) mass is 431 g/mol. The summed E-state index contributed by atoms with van der Waals surface area (Å²) < 4.78 is 17.6. The molecule has 32 heavy (non-hydrogen) atoms. The Kier molecular flexibility index (Phi) is 7.33. The summed E-state index contributed by atoms with van der Waals surface area (Å²) in [4.78, 5) is 0. The maximum absolute atomic E-state index is 6.20. The van der Waals surface area contributed by atoms with E-state index in [1.54, 1.807) is 14.2 Å². The minimum Gasteiger partial charge on any atom is -0.496 e. The lowest BCUT2D eigenvalue weighted by Gasteiger charge is -2.19. The van der Waals surface area contributed by atoms with E-state index in [0.717, 1.165) is 34.9 Å². The Hall–Kier alpha value is -2.98. The molecule has 3 aromatic carbocycles. The number of ether oxygens (including phenoxy) is 3. The Morgan fingerprint density at radius 3 is 2.22 bits per heavy atom. The highest BCUT2D eigenvalue weighted by atomic mass is 16.5. The number of rotatable bonds is 9. The van der Waals surface area contributed by atoms with E-state index in [1.165, 1.54) is 42.4 Å². The molecule has 4 nitrogen and oxygen atoms in total. The van der Waals surface area contributed by atoms with Crippen LogP contribution < -0.4 is 19.5 Å². The first kappa shape index (κ1) is 22.2. The molecular formula is C28H33NO3. The molecule has 1 fully saturated rings. The quantitative estimate of drug-likeness (QED) is 0.432. The minimum atomic E-state index is 0.485. The zero-order valence-electron chi connectivity index (χ0n) is 19.3. The van der Waals surface area contributed by atoms with Gasteiger partial charge < -0.3 is 19.5 Å². The molecule has 0 bridgehead atoms. The van der Waals surface area contributed by atoms with Gasteiger partial charge in [-0.15, -0.1) is 0 Å². The second-order valence-electron chi connectivity index (χ2n) is 8.41. The Bertz CT molecular complexity index is 1000. The molecule has 0 heterocycles. The summed E-state index contributed by atoms with van der Waals surface area (Å²) in [6.07, 6.45) is 5.10. The van der Waals surface area contributed by atoms with Crippen LogP contribution in [0.4, 0.5) is 0 Å². The molecule has 168 valence electrons. The van der Waals surface area contributed by atoms with E-state index in [9.17, 15) is 0 Å². The average molecular weight is 432 g/mol. The number of hydrogen-bond donors (Lipinski definition) is 1. The third-order valence-electron chi connectivity index (χ3n) is 6.43. The molecule has 0 saturated heterocycles. The molecule has 0 amide bonds. The van der Waals surface area contributed by atoms with Crippen LogP contribution >= 0.6 is 0 Å². The summed E-state index contributed by atoms with van der Waals surface area (Å²) in [7, 11) is 3.40. The van der Waals surface area contributed by atoms with Gasteiger partial charge in [0.1, 0.15) is 23.9 Å². The van der Waals surface area contributed by atoms with Gasteiger partial charge in [-0.25, -0.2) is 0 Å². The SMILES string of the molecule is COc1cc(OCc2cccc(-c3ccccc3)c2C)cc(OC)c1CNC1CCCC1. The van der Waals surface area contributed by atoms with Crippen molar-refractivity contribution in [2.75, 3.05) is 14.2 Å². The molecule has 0 aromatic heterocycles. The fraction of sp³-hybridized carbons (Fsp3) is 0.357. The van der Waals surface area contributed by atoms with Crippen molar-refractivity contribution in [3.05, 3.63) is 77.4 Å². The number of nitrogens with one attached hydrogen (secondary N) is 1. The van der Waals surface area contributed by atoms with Crippen molar-refractivity contribution < 1.29 is 14.2 Å². The first-order chi connectivity index (χ1) is 15.7. The van der Waals surface area contributed by atoms with E-state index in [-0.39, 0.29) is 0 Å². The largest absolute Gasteiger partial charge is 0.496 e. The minimum absolute atomic E-state index is 0.485. The Morgan fingerprint density at radius 2 is 1.56 bits per heavy atom. The second kappa shape index (κ2) is 10.6. The van der Waals surface area contributed by atoms with E-state index < -0.39 is 0 Å². The molecule has 1 saturated carbocycles. The molecule has 1 N–H and O–H groups in total. The molecule has 4 rings (SSSR count). The first-order valence-corrected chi connectivity index (χ1v) is 11.4. The van der Waals surface area contributed by atoms with Gasteiger partial charge in [-0.2, -0.15) is 0 Å². The molecule has 0 unspecified atom stereocenters. The van der Waals surface area contributed by atoms with Crippen LogP contribution in [0.2, 0.25) is 0 Å². The maximum atomic E-state index is 6.20.